The second-order valence-corrected chi connectivity index (χ2v) is 8.42. The highest BCUT2D eigenvalue weighted by atomic mass is 16.6. The van der Waals surface area contributed by atoms with Gasteiger partial charge in [0.25, 0.3) is 5.69 Å². The molecule has 2 amide bonds. The van der Waals surface area contributed by atoms with E-state index < -0.39 is 11.0 Å². The van der Waals surface area contributed by atoms with E-state index in [-0.39, 0.29) is 5.69 Å². The van der Waals surface area contributed by atoms with Crippen LogP contribution in [0.2, 0.25) is 0 Å². The predicted octanol–water partition coefficient (Wildman–Crippen LogP) is 2.76. The molecule has 0 radical (unpaired) electrons. The number of ether oxygens (including phenoxy) is 2. The number of nitrogens with one attached hydrogen (secondary N) is 2. The van der Waals surface area contributed by atoms with Crippen LogP contribution in [0.1, 0.15) is 0 Å². The lowest BCUT2D eigenvalue weighted by molar-refractivity contribution is -0.384. The number of non-ortho nitro benzene ring substituents is 1. The van der Waals surface area contributed by atoms with Crippen molar-refractivity contribution in [3.63, 3.8) is 0 Å². The van der Waals surface area contributed by atoms with Crippen LogP contribution in [0.5, 0.6) is 0 Å². The zero-order valence-corrected chi connectivity index (χ0v) is 20.0. The zero-order chi connectivity index (χ0) is 25.6. The van der Waals surface area contributed by atoms with Crippen LogP contribution < -0.4 is 20.4 Å². The van der Waals surface area contributed by atoms with Gasteiger partial charge in [-0.2, -0.15) is 15.0 Å². The molecular weight excluding hydrogens is 480 g/mol. The number of nitrogens with zero attached hydrogens (tertiary/aromatic N) is 6. The SMILES string of the molecule is O=C(Nc1ccc(-c2nc(N3CCOCC3)nc(N3CCOCC3)n2)cc1)Nc1ccc([N+](=O)[O-])cc1. The molecule has 192 valence electrons. The molecule has 37 heavy (non-hydrogen) atoms. The van der Waals surface area contributed by atoms with E-state index >= 15 is 0 Å². The highest BCUT2D eigenvalue weighted by Crippen LogP contribution is 2.24. The summed E-state index contributed by atoms with van der Waals surface area (Å²) >= 11 is 0. The minimum Gasteiger partial charge on any atom is -0.378 e. The third kappa shape index (κ3) is 6.08. The molecule has 2 N–H and O–H groups in total. The Kier molecular flexibility index (Phi) is 7.33. The minimum atomic E-state index is -0.494. The second kappa shape index (κ2) is 11.1. The molecule has 2 aliphatic heterocycles. The highest BCUT2D eigenvalue weighted by molar-refractivity contribution is 5.99. The van der Waals surface area contributed by atoms with Crippen LogP contribution in [0.15, 0.2) is 48.5 Å². The van der Waals surface area contributed by atoms with Crippen LogP contribution in [0.25, 0.3) is 11.4 Å². The lowest BCUT2D eigenvalue weighted by Gasteiger charge is -2.30. The Labute approximate surface area is 212 Å². The van der Waals surface area contributed by atoms with Crippen LogP contribution in [0.4, 0.5) is 33.8 Å². The average molecular weight is 507 g/mol. The minimum absolute atomic E-state index is 0.0477. The van der Waals surface area contributed by atoms with Gasteiger partial charge >= 0.3 is 6.03 Å². The van der Waals surface area contributed by atoms with Crippen molar-refractivity contribution in [2.45, 2.75) is 0 Å². The number of amides is 2. The Morgan fingerprint density at radius 3 is 1.68 bits per heavy atom. The van der Waals surface area contributed by atoms with Gasteiger partial charge in [-0.05, 0) is 36.4 Å². The lowest BCUT2D eigenvalue weighted by Crippen LogP contribution is -2.40. The molecule has 0 bridgehead atoms. The standard InChI is InChI=1S/C24H26N8O5/c33-24(26-19-5-7-20(8-6-19)32(34)35)25-18-3-1-17(2-4-18)21-27-22(30-9-13-36-14-10-30)29-23(28-21)31-11-15-37-16-12-31/h1-8H,9-16H2,(H2,25,26,33). The summed E-state index contributed by atoms with van der Waals surface area (Å²) in [7, 11) is 0. The molecule has 1 aromatic heterocycles. The zero-order valence-electron chi connectivity index (χ0n) is 20.0. The van der Waals surface area contributed by atoms with Gasteiger partial charge in [-0.25, -0.2) is 4.79 Å². The first-order chi connectivity index (χ1) is 18.0. The topological polar surface area (TPSA) is 148 Å². The molecule has 0 saturated carbocycles. The number of carbonyl (C=O) groups excluding carboxylic acids is 1. The summed E-state index contributed by atoms with van der Waals surface area (Å²) in [5.41, 5.74) is 1.75. The summed E-state index contributed by atoms with van der Waals surface area (Å²) < 4.78 is 10.9. The van der Waals surface area contributed by atoms with Gasteiger partial charge in [0.2, 0.25) is 11.9 Å². The largest absolute Gasteiger partial charge is 0.378 e. The van der Waals surface area contributed by atoms with Gasteiger partial charge in [0.05, 0.1) is 31.4 Å². The molecule has 2 aromatic carbocycles. The first-order valence-electron chi connectivity index (χ1n) is 11.9. The molecule has 3 aromatic rings. The highest BCUT2D eigenvalue weighted by Gasteiger charge is 2.21. The summed E-state index contributed by atoms with van der Waals surface area (Å²) in [5, 5.41) is 16.2. The van der Waals surface area contributed by atoms with Crippen LogP contribution in [-0.4, -0.2) is 78.5 Å². The first-order valence-corrected chi connectivity index (χ1v) is 11.9. The number of anilines is 4. The van der Waals surface area contributed by atoms with E-state index in [1.165, 1.54) is 24.3 Å². The molecular formula is C24H26N8O5. The molecule has 0 aliphatic carbocycles. The molecule has 2 fully saturated rings. The van der Waals surface area contributed by atoms with Gasteiger partial charge in [-0.1, -0.05) is 0 Å². The van der Waals surface area contributed by atoms with Gasteiger partial charge in [0.1, 0.15) is 0 Å². The summed E-state index contributed by atoms with van der Waals surface area (Å²) in [6.07, 6.45) is 0. The summed E-state index contributed by atoms with van der Waals surface area (Å²) in [6.45, 7) is 5.31. The molecule has 13 heteroatoms. The van der Waals surface area contributed by atoms with Crippen molar-refractivity contribution in [3.05, 3.63) is 58.6 Å². The van der Waals surface area contributed by atoms with Gasteiger partial charge in [0.15, 0.2) is 5.82 Å². The normalized spacial score (nSPS) is 15.8. The third-order valence-corrected chi connectivity index (χ3v) is 5.94. The number of urea groups is 1. The number of carbonyl (C=O) groups is 1. The van der Waals surface area contributed by atoms with Crippen molar-refractivity contribution in [1.29, 1.82) is 0 Å². The van der Waals surface area contributed by atoms with E-state index in [1.54, 1.807) is 12.1 Å². The maximum Gasteiger partial charge on any atom is 0.323 e. The third-order valence-electron chi connectivity index (χ3n) is 5.94. The van der Waals surface area contributed by atoms with Gasteiger partial charge in [0, 0.05) is 55.2 Å². The van der Waals surface area contributed by atoms with E-state index in [1.807, 2.05) is 12.1 Å². The number of morpholine rings is 2. The van der Waals surface area contributed by atoms with Crippen molar-refractivity contribution < 1.29 is 19.2 Å². The molecule has 13 nitrogen and oxygen atoms in total. The van der Waals surface area contributed by atoms with Crippen LogP contribution in [-0.2, 0) is 9.47 Å². The molecule has 0 atom stereocenters. The van der Waals surface area contributed by atoms with E-state index in [0.29, 0.717) is 81.7 Å². The number of benzene rings is 2. The van der Waals surface area contributed by atoms with Crippen molar-refractivity contribution >= 4 is 35.0 Å². The fraction of sp³-hybridized carbons (Fsp3) is 0.333. The van der Waals surface area contributed by atoms with Gasteiger partial charge in [-0.3, -0.25) is 10.1 Å². The van der Waals surface area contributed by atoms with E-state index in [0.717, 1.165) is 5.56 Å². The molecule has 5 rings (SSSR count). The van der Waals surface area contributed by atoms with Crippen molar-refractivity contribution in [1.82, 2.24) is 15.0 Å². The Morgan fingerprint density at radius 2 is 1.22 bits per heavy atom. The number of aromatic nitrogens is 3. The number of nitro benzene ring substituents is 1. The Bertz CT molecular complexity index is 1210. The van der Waals surface area contributed by atoms with Gasteiger partial charge in [-0.15, -0.1) is 0 Å². The Hall–Kier alpha value is -4.36. The van der Waals surface area contributed by atoms with E-state index in [4.69, 9.17) is 24.4 Å². The van der Waals surface area contributed by atoms with Crippen molar-refractivity contribution in [3.8, 4) is 11.4 Å². The smallest absolute Gasteiger partial charge is 0.323 e. The monoisotopic (exact) mass is 506 g/mol. The van der Waals surface area contributed by atoms with E-state index in [9.17, 15) is 14.9 Å². The molecule has 3 heterocycles. The average Bonchev–Trinajstić information content (AvgIpc) is 2.94. The van der Waals surface area contributed by atoms with Gasteiger partial charge < -0.3 is 29.9 Å². The fourth-order valence-electron chi connectivity index (χ4n) is 3.96. The number of rotatable bonds is 6. The predicted molar refractivity (Wildman–Crippen MR) is 137 cm³/mol. The lowest BCUT2D eigenvalue weighted by atomic mass is 10.2. The molecule has 0 unspecified atom stereocenters. The first kappa shape index (κ1) is 24.3. The maximum absolute atomic E-state index is 12.4. The molecule has 2 saturated heterocycles. The fourth-order valence-corrected chi connectivity index (χ4v) is 3.96. The quantitative estimate of drug-likeness (QED) is 0.378. The van der Waals surface area contributed by atoms with Crippen LogP contribution >= 0.6 is 0 Å². The number of nitro groups is 1. The number of hydrogen-bond donors (Lipinski definition) is 2. The second-order valence-electron chi connectivity index (χ2n) is 8.42. The van der Waals surface area contributed by atoms with Crippen molar-refractivity contribution in [2.24, 2.45) is 0 Å². The molecule has 0 spiro atoms. The summed E-state index contributed by atoms with van der Waals surface area (Å²) in [5.74, 6) is 1.76. The Balaban J connectivity index is 1.31. The number of hydrogen-bond acceptors (Lipinski definition) is 10. The summed E-state index contributed by atoms with van der Waals surface area (Å²) in [4.78, 5) is 41.0. The Morgan fingerprint density at radius 1 is 0.757 bits per heavy atom. The van der Waals surface area contributed by atoms with Crippen LogP contribution in [0.3, 0.4) is 0 Å². The van der Waals surface area contributed by atoms with Crippen LogP contribution in [0, 0.1) is 10.1 Å². The maximum atomic E-state index is 12.4. The summed E-state index contributed by atoms with van der Waals surface area (Å²) in [6, 6.07) is 12.3. The van der Waals surface area contributed by atoms with Crippen molar-refractivity contribution in [2.75, 3.05) is 73.0 Å². The molecule has 2 aliphatic rings. The van der Waals surface area contributed by atoms with E-state index in [2.05, 4.69) is 20.4 Å².